The molecule has 0 spiro atoms. The summed E-state index contributed by atoms with van der Waals surface area (Å²) in [5.74, 6) is 1.72. The fourth-order valence-corrected chi connectivity index (χ4v) is 3.91. The summed E-state index contributed by atoms with van der Waals surface area (Å²) in [4.78, 5) is 5.04. The molecule has 1 aliphatic heterocycles. The van der Waals surface area contributed by atoms with Crippen molar-refractivity contribution in [3.05, 3.63) is 23.8 Å². The van der Waals surface area contributed by atoms with E-state index in [4.69, 9.17) is 15.2 Å². The number of nitrogens with zero attached hydrogens (tertiary/aromatic N) is 2. The first-order valence-electron chi connectivity index (χ1n) is 11.7. The normalized spacial score (nSPS) is 15.6. The number of methoxy groups -OCH3 is 1. The number of benzene rings is 1. The molecule has 1 aromatic carbocycles. The lowest BCUT2D eigenvalue weighted by molar-refractivity contribution is 0.126. The van der Waals surface area contributed by atoms with Crippen LogP contribution in [0.1, 0.15) is 63.9 Å². The molecule has 29 heavy (non-hydrogen) atoms. The summed E-state index contributed by atoms with van der Waals surface area (Å²) in [6.07, 6.45) is 10.2. The molecule has 0 amide bonds. The smallest absolute Gasteiger partial charge is 0.161 e. The monoisotopic (exact) mass is 405 g/mol. The van der Waals surface area contributed by atoms with Crippen LogP contribution >= 0.6 is 0 Å². The van der Waals surface area contributed by atoms with E-state index in [1.54, 1.807) is 7.11 Å². The summed E-state index contributed by atoms with van der Waals surface area (Å²) in [6, 6.07) is 6.40. The van der Waals surface area contributed by atoms with Gasteiger partial charge in [-0.2, -0.15) is 0 Å². The maximum absolute atomic E-state index is 6.00. The molecule has 1 heterocycles. The zero-order chi connectivity index (χ0) is 20.7. The first-order chi connectivity index (χ1) is 14.3. The minimum absolute atomic E-state index is 0.772. The number of unbranched alkanes of at least 4 members (excludes halogenated alkanes) is 6. The Bertz CT molecular complexity index is 545. The van der Waals surface area contributed by atoms with E-state index >= 15 is 0 Å². The van der Waals surface area contributed by atoms with Crippen molar-refractivity contribution in [2.75, 3.05) is 53.0 Å². The molecular weight excluding hydrogens is 362 g/mol. The molecule has 2 rings (SSSR count). The summed E-state index contributed by atoms with van der Waals surface area (Å²) in [7, 11) is 1.73. The average molecular weight is 406 g/mol. The van der Waals surface area contributed by atoms with Gasteiger partial charge in [-0.1, -0.05) is 51.5 Å². The number of hydrogen-bond donors (Lipinski definition) is 1. The fraction of sp³-hybridized carbons (Fsp3) is 0.750. The van der Waals surface area contributed by atoms with Crippen LogP contribution in [0, 0.1) is 0 Å². The molecule has 166 valence electrons. The van der Waals surface area contributed by atoms with Crippen molar-refractivity contribution < 1.29 is 9.47 Å². The van der Waals surface area contributed by atoms with E-state index < -0.39 is 0 Å². The van der Waals surface area contributed by atoms with Crippen molar-refractivity contribution in [1.82, 2.24) is 9.80 Å². The van der Waals surface area contributed by atoms with Gasteiger partial charge in [0.05, 0.1) is 13.7 Å². The molecule has 0 aromatic heterocycles. The summed E-state index contributed by atoms with van der Waals surface area (Å²) in [5.41, 5.74) is 6.92. The third-order valence-electron chi connectivity index (χ3n) is 5.78. The Labute approximate surface area is 178 Å². The molecule has 1 aromatic rings. The van der Waals surface area contributed by atoms with Gasteiger partial charge in [0.15, 0.2) is 11.5 Å². The van der Waals surface area contributed by atoms with Gasteiger partial charge in [0, 0.05) is 32.7 Å². The second-order valence-corrected chi connectivity index (χ2v) is 8.22. The van der Waals surface area contributed by atoms with E-state index in [-0.39, 0.29) is 0 Å². The fourth-order valence-electron chi connectivity index (χ4n) is 3.91. The highest BCUT2D eigenvalue weighted by molar-refractivity contribution is 5.43. The molecule has 0 aliphatic carbocycles. The van der Waals surface area contributed by atoms with Crippen LogP contribution in [0.4, 0.5) is 0 Å². The molecule has 0 atom stereocenters. The molecule has 2 N–H and O–H groups in total. The van der Waals surface area contributed by atoms with Gasteiger partial charge in [-0.25, -0.2) is 0 Å². The van der Waals surface area contributed by atoms with Gasteiger partial charge in [0.1, 0.15) is 0 Å². The highest BCUT2D eigenvalue weighted by Crippen LogP contribution is 2.29. The lowest BCUT2D eigenvalue weighted by Gasteiger charge is -2.34. The van der Waals surface area contributed by atoms with Gasteiger partial charge in [-0.05, 0) is 43.6 Å². The van der Waals surface area contributed by atoms with Crippen LogP contribution in [-0.4, -0.2) is 62.8 Å². The Morgan fingerprint density at radius 2 is 1.55 bits per heavy atom. The van der Waals surface area contributed by atoms with Crippen LogP contribution in [-0.2, 0) is 6.54 Å². The Kier molecular flexibility index (Phi) is 12.1. The zero-order valence-corrected chi connectivity index (χ0v) is 18.8. The molecule has 0 radical (unpaired) electrons. The standard InChI is InChI=1S/C24H43N3O2/c1-3-4-5-6-7-8-9-19-29-23-12-11-22(20-24(23)28-2)21-27-17-15-26(16-18-27)14-10-13-25/h11-12,20H,3-10,13-19,21,25H2,1-2H3. The second-order valence-electron chi connectivity index (χ2n) is 8.22. The number of rotatable bonds is 15. The highest BCUT2D eigenvalue weighted by atomic mass is 16.5. The first-order valence-corrected chi connectivity index (χ1v) is 11.7. The Morgan fingerprint density at radius 1 is 0.862 bits per heavy atom. The summed E-state index contributed by atoms with van der Waals surface area (Å²) >= 11 is 0. The van der Waals surface area contributed by atoms with Gasteiger partial charge in [-0.3, -0.25) is 4.90 Å². The molecule has 1 aliphatic rings. The van der Waals surface area contributed by atoms with Crippen molar-refractivity contribution >= 4 is 0 Å². The van der Waals surface area contributed by atoms with Crippen LogP contribution in [0.25, 0.3) is 0 Å². The van der Waals surface area contributed by atoms with Crippen molar-refractivity contribution in [2.24, 2.45) is 5.73 Å². The second kappa shape index (κ2) is 14.6. The third kappa shape index (κ3) is 9.37. The van der Waals surface area contributed by atoms with E-state index in [2.05, 4.69) is 34.9 Å². The van der Waals surface area contributed by atoms with Gasteiger partial charge in [0.25, 0.3) is 0 Å². The van der Waals surface area contributed by atoms with E-state index in [1.807, 2.05) is 0 Å². The molecule has 5 nitrogen and oxygen atoms in total. The van der Waals surface area contributed by atoms with Gasteiger partial charge >= 0.3 is 0 Å². The Balaban J connectivity index is 1.70. The van der Waals surface area contributed by atoms with Crippen molar-refractivity contribution in [2.45, 2.75) is 64.8 Å². The largest absolute Gasteiger partial charge is 0.493 e. The highest BCUT2D eigenvalue weighted by Gasteiger charge is 2.17. The van der Waals surface area contributed by atoms with Gasteiger partial charge in [0.2, 0.25) is 0 Å². The SMILES string of the molecule is CCCCCCCCCOc1ccc(CN2CCN(CCCN)CC2)cc1OC. The molecule has 0 saturated carbocycles. The number of nitrogens with two attached hydrogens (primary N) is 1. The van der Waals surface area contributed by atoms with Crippen LogP contribution in [0.3, 0.4) is 0 Å². The van der Waals surface area contributed by atoms with Crippen LogP contribution in [0.2, 0.25) is 0 Å². The number of hydrogen-bond acceptors (Lipinski definition) is 5. The average Bonchev–Trinajstić information content (AvgIpc) is 2.75. The lowest BCUT2D eigenvalue weighted by atomic mass is 10.1. The number of piperazine rings is 1. The summed E-state index contributed by atoms with van der Waals surface area (Å²) in [5, 5.41) is 0. The van der Waals surface area contributed by atoms with Gasteiger partial charge in [-0.15, -0.1) is 0 Å². The third-order valence-corrected chi connectivity index (χ3v) is 5.78. The maximum Gasteiger partial charge on any atom is 0.161 e. The zero-order valence-electron chi connectivity index (χ0n) is 18.8. The summed E-state index contributed by atoms with van der Waals surface area (Å²) in [6.45, 7) is 10.4. The van der Waals surface area contributed by atoms with E-state index in [9.17, 15) is 0 Å². The first kappa shape index (κ1) is 24.0. The topological polar surface area (TPSA) is 51.0 Å². The molecule has 5 heteroatoms. The molecule has 1 saturated heterocycles. The number of ether oxygens (including phenoxy) is 2. The van der Waals surface area contributed by atoms with E-state index in [0.717, 1.165) is 76.8 Å². The quantitative estimate of drug-likeness (QED) is 0.441. The van der Waals surface area contributed by atoms with E-state index in [1.165, 1.54) is 44.1 Å². The Morgan fingerprint density at radius 3 is 2.24 bits per heavy atom. The maximum atomic E-state index is 6.00. The van der Waals surface area contributed by atoms with Crippen LogP contribution in [0.5, 0.6) is 11.5 Å². The minimum Gasteiger partial charge on any atom is -0.493 e. The van der Waals surface area contributed by atoms with Crippen LogP contribution < -0.4 is 15.2 Å². The molecular formula is C24H43N3O2. The van der Waals surface area contributed by atoms with Crippen molar-refractivity contribution in [3.63, 3.8) is 0 Å². The molecule has 1 fully saturated rings. The van der Waals surface area contributed by atoms with E-state index in [0.29, 0.717) is 0 Å². The predicted molar refractivity (Wildman–Crippen MR) is 122 cm³/mol. The molecule has 0 unspecified atom stereocenters. The summed E-state index contributed by atoms with van der Waals surface area (Å²) < 4.78 is 11.6. The van der Waals surface area contributed by atoms with Gasteiger partial charge < -0.3 is 20.1 Å². The van der Waals surface area contributed by atoms with Crippen LogP contribution in [0.15, 0.2) is 18.2 Å². The van der Waals surface area contributed by atoms with Crippen molar-refractivity contribution in [3.8, 4) is 11.5 Å². The predicted octanol–water partition coefficient (Wildman–Crippen LogP) is 4.29. The Hall–Kier alpha value is -1.30. The molecule has 0 bridgehead atoms. The lowest BCUT2D eigenvalue weighted by Crippen LogP contribution is -2.46. The minimum atomic E-state index is 0.772. The van der Waals surface area contributed by atoms with Crippen molar-refractivity contribution in [1.29, 1.82) is 0 Å².